The molecular formula is C18H12F5N2O2S. The molecule has 1 fully saturated rings. The van der Waals surface area contributed by atoms with E-state index in [-0.39, 0.29) is 5.19 Å². The summed E-state index contributed by atoms with van der Waals surface area (Å²) >= 11 is 1.04. The van der Waals surface area contributed by atoms with Crippen molar-refractivity contribution in [2.75, 3.05) is 18.0 Å². The summed E-state index contributed by atoms with van der Waals surface area (Å²) in [6.07, 6.45) is -0.122. The normalized spacial score (nSPS) is 15.4. The molecule has 0 amide bonds. The molecule has 0 atom stereocenters. The molecule has 0 N–H and O–H groups in total. The average Bonchev–Trinajstić information content (AvgIpc) is 3.09. The summed E-state index contributed by atoms with van der Waals surface area (Å²) in [5, 5.41) is 11.2. The molecule has 1 aliphatic rings. The van der Waals surface area contributed by atoms with Gasteiger partial charge in [0.05, 0.1) is 10.4 Å². The van der Waals surface area contributed by atoms with Gasteiger partial charge < -0.3 is 9.64 Å². The number of para-hydroxylation sites is 1. The number of rotatable bonds is 3. The molecular weight excluding hydrogens is 403 g/mol. The lowest BCUT2D eigenvalue weighted by atomic mass is 10.1. The third-order valence-corrected chi connectivity index (χ3v) is 5.43. The molecule has 0 aliphatic carbocycles. The number of anilines is 1. The summed E-state index contributed by atoms with van der Waals surface area (Å²) in [7, 11) is 0. The van der Waals surface area contributed by atoms with E-state index < -0.39 is 40.9 Å². The quantitative estimate of drug-likeness (QED) is 0.336. The molecule has 1 radical (unpaired) electrons. The van der Waals surface area contributed by atoms with Gasteiger partial charge >= 0.3 is 5.19 Å². The van der Waals surface area contributed by atoms with Crippen molar-refractivity contribution in [1.82, 2.24) is 4.98 Å². The fourth-order valence-electron chi connectivity index (χ4n) is 3.24. The number of ether oxygens (including phenoxy) is 1. The van der Waals surface area contributed by atoms with Crippen molar-refractivity contribution in [3.63, 3.8) is 0 Å². The predicted octanol–water partition coefficient (Wildman–Crippen LogP) is 5.18. The molecule has 0 unspecified atom stereocenters. The Labute approximate surface area is 159 Å². The highest BCUT2D eigenvalue weighted by Crippen LogP contribution is 2.36. The third kappa shape index (κ3) is 3.11. The van der Waals surface area contributed by atoms with E-state index in [4.69, 9.17) is 4.74 Å². The summed E-state index contributed by atoms with van der Waals surface area (Å²) < 4.78 is 73.2. The molecule has 10 heteroatoms. The first-order valence-corrected chi connectivity index (χ1v) is 9.18. The Kier molecular flexibility index (Phi) is 4.74. The van der Waals surface area contributed by atoms with Crippen LogP contribution in [0.5, 0.6) is 10.9 Å². The van der Waals surface area contributed by atoms with E-state index in [1.165, 1.54) is 0 Å². The van der Waals surface area contributed by atoms with E-state index in [2.05, 4.69) is 4.98 Å². The third-order valence-electron chi connectivity index (χ3n) is 4.61. The Morgan fingerprint density at radius 3 is 2.21 bits per heavy atom. The van der Waals surface area contributed by atoms with E-state index in [0.717, 1.165) is 21.7 Å². The molecule has 4 rings (SSSR count). The van der Waals surface area contributed by atoms with Crippen molar-refractivity contribution in [3.05, 3.63) is 47.3 Å². The Morgan fingerprint density at radius 2 is 1.57 bits per heavy atom. The maximum absolute atomic E-state index is 13.8. The minimum atomic E-state index is -2.22. The van der Waals surface area contributed by atoms with Gasteiger partial charge in [0.1, 0.15) is 11.6 Å². The molecule has 4 nitrogen and oxygen atoms in total. The Balaban J connectivity index is 1.51. The highest BCUT2D eigenvalue weighted by Gasteiger charge is 2.30. The minimum Gasteiger partial charge on any atom is -0.484 e. The van der Waals surface area contributed by atoms with Crippen molar-refractivity contribution in [1.29, 1.82) is 0 Å². The summed E-state index contributed by atoms with van der Waals surface area (Å²) in [5.41, 5.74) is 1.34. The van der Waals surface area contributed by atoms with Crippen molar-refractivity contribution in [3.8, 4) is 10.9 Å². The van der Waals surface area contributed by atoms with Crippen molar-refractivity contribution in [2.45, 2.75) is 18.9 Å². The van der Waals surface area contributed by atoms with Gasteiger partial charge in [-0.15, -0.1) is 0 Å². The van der Waals surface area contributed by atoms with Gasteiger partial charge in [-0.3, -0.25) is 5.11 Å². The molecule has 1 aromatic heterocycles. The second kappa shape index (κ2) is 7.08. The van der Waals surface area contributed by atoms with Crippen LogP contribution in [0.3, 0.4) is 0 Å². The molecule has 0 saturated carbocycles. The number of fused-ring (bicyclic) bond motifs is 1. The number of thiazole rings is 1. The standard InChI is InChI=1S/C18H12F5N2O2S/c19-11-12(20)14(22)17(15(23)13(11)21)27-8-4-6-25(7-5-8)9-2-1-3-10-16(9)24-18(26)28-10/h1-3,8H,4-7H2. The van der Waals surface area contributed by atoms with Crippen LogP contribution < -0.4 is 9.64 Å². The smallest absolute Gasteiger partial charge is 0.327 e. The van der Waals surface area contributed by atoms with Crippen LogP contribution in [0.25, 0.3) is 10.2 Å². The first kappa shape index (κ1) is 18.7. The molecule has 1 saturated heterocycles. The number of aromatic nitrogens is 1. The number of hydrogen-bond acceptors (Lipinski definition) is 4. The molecule has 0 spiro atoms. The second-order valence-corrected chi connectivity index (χ2v) is 7.30. The lowest BCUT2D eigenvalue weighted by Gasteiger charge is -2.33. The van der Waals surface area contributed by atoms with E-state index in [0.29, 0.717) is 31.4 Å². The average molecular weight is 415 g/mol. The summed E-state index contributed by atoms with van der Waals surface area (Å²) in [6, 6.07) is 5.40. The Bertz CT molecular complexity index is 1020. The fraction of sp³-hybridized carbons (Fsp3) is 0.278. The summed E-state index contributed by atoms with van der Waals surface area (Å²) in [4.78, 5) is 5.94. The maximum atomic E-state index is 13.8. The van der Waals surface area contributed by atoms with Gasteiger partial charge in [-0.25, -0.2) is 13.2 Å². The van der Waals surface area contributed by atoms with Crippen LogP contribution >= 0.6 is 11.3 Å². The summed E-state index contributed by atoms with van der Waals surface area (Å²) in [6.45, 7) is 0.815. The van der Waals surface area contributed by atoms with E-state index in [9.17, 15) is 27.1 Å². The predicted molar refractivity (Wildman–Crippen MR) is 91.8 cm³/mol. The minimum absolute atomic E-state index is 0.296. The van der Waals surface area contributed by atoms with Crippen LogP contribution in [0, 0.1) is 29.1 Å². The molecule has 0 bridgehead atoms. The number of nitrogens with zero attached hydrogens (tertiary/aromatic N) is 2. The van der Waals surface area contributed by atoms with Gasteiger partial charge in [0, 0.05) is 25.9 Å². The van der Waals surface area contributed by atoms with E-state index >= 15 is 0 Å². The Hall–Kier alpha value is -2.62. The van der Waals surface area contributed by atoms with Crippen molar-refractivity contribution >= 4 is 27.2 Å². The van der Waals surface area contributed by atoms with Crippen molar-refractivity contribution < 1.29 is 31.8 Å². The zero-order valence-corrected chi connectivity index (χ0v) is 15.0. The highest BCUT2D eigenvalue weighted by atomic mass is 32.1. The van der Waals surface area contributed by atoms with Crippen LogP contribution in [0.2, 0.25) is 0 Å². The molecule has 1 aliphatic heterocycles. The molecule has 3 aromatic rings. The summed E-state index contributed by atoms with van der Waals surface area (Å²) in [5.74, 6) is -11.5. The van der Waals surface area contributed by atoms with Gasteiger partial charge in [-0.05, 0) is 12.1 Å². The van der Waals surface area contributed by atoms with Gasteiger partial charge in [0.15, 0.2) is 5.75 Å². The zero-order valence-electron chi connectivity index (χ0n) is 14.1. The van der Waals surface area contributed by atoms with Crippen LogP contribution in [0.1, 0.15) is 12.8 Å². The van der Waals surface area contributed by atoms with Gasteiger partial charge in [0.2, 0.25) is 29.1 Å². The SMILES string of the molecule is [O]c1nc2c(N3CCC(Oc4c(F)c(F)c(F)c(F)c4F)CC3)cccc2s1. The number of benzene rings is 2. The topological polar surface area (TPSA) is 45.3 Å². The first-order chi connectivity index (χ1) is 13.4. The maximum Gasteiger partial charge on any atom is 0.327 e. The highest BCUT2D eigenvalue weighted by molar-refractivity contribution is 7.20. The van der Waals surface area contributed by atoms with Crippen LogP contribution in [0.4, 0.5) is 27.6 Å². The monoisotopic (exact) mass is 415 g/mol. The van der Waals surface area contributed by atoms with Crippen LogP contribution in [-0.2, 0) is 5.11 Å². The molecule has 2 aromatic carbocycles. The number of hydrogen-bond donors (Lipinski definition) is 0. The van der Waals surface area contributed by atoms with Crippen LogP contribution in [-0.4, -0.2) is 24.2 Å². The molecule has 2 heterocycles. The molecule has 147 valence electrons. The largest absolute Gasteiger partial charge is 0.484 e. The second-order valence-electron chi connectivity index (χ2n) is 6.31. The zero-order chi connectivity index (χ0) is 20.0. The first-order valence-electron chi connectivity index (χ1n) is 8.36. The lowest BCUT2D eigenvalue weighted by molar-refractivity contribution is 0.150. The molecule has 28 heavy (non-hydrogen) atoms. The lowest BCUT2D eigenvalue weighted by Crippen LogP contribution is -2.38. The van der Waals surface area contributed by atoms with Gasteiger partial charge in [0.25, 0.3) is 0 Å². The fourth-order valence-corrected chi connectivity index (χ4v) is 3.96. The number of halogens is 5. The van der Waals surface area contributed by atoms with Gasteiger partial charge in [-0.1, -0.05) is 17.4 Å². The Morgan fingerprint density at radius 1 is 0.964 bits per heavy atom. The van der Waals surface area contributed by atoms with E-state index in [1.54, 1.807) is 12.1 Å². The van der Waals surface area contributed by atoms with E-state index in [1.807, 2.05) is 11.0 Å². The van der Waals surface area contributed by atoms with Gasteiger partial charge in [-0.2, -0.15) is 13.8 Å². The van der Waals surface area contributed by atoms with Crippen molar-refractivity contribution in [2.24, 2.45) is 0 Å². The number of piperidine rings is 1. The van der Waals surface area contributed by atoms with Crippen LogP contribution in [0.15, 0.2) is 18.2 Å².